The minimum absolute atomic E-state index is 0.116. The second-order valence-corrected chi connectivity index (χ2v) is 4.31. The minimum atomic E-state index is -0.237. The van der Waals surface area contributed by atoms with Crippen LogP contribution in [0.2, 0.25) is 0 Å². The van der Waals surface area contributed by atoms with E-state index in [1.54, 1.807) is 0 Å². The molecule has 6 nitrogen and oxygen atoms in total. The lowest BCUT2D eigenvalue weighted by molar-refractivity contribution is 0.0863. The monoisotopic (exact) mass is 236 g/mol. The van der Waals surface area contributed by atoms with Gasteiger partial charge in [0.05, 0.1) is 18.5 Å². The van der Waals surface area contributed by atoms with E-state index in [4.69, 9.17) is 5.73 Å². The highest BCUT2D eigenvalue weighted by Gasteiger charge is 2.21. The molecular weight excluding hydrogens is 220 g/mol. The predicted octanol–water partition coefficient (Wildman–Crippen LogP) is 0.0921. The van der Waals surface area contributed by atoms with Crippen LogP contribution in [0.4, 0.5) is 5.82 Å². The van der Waals surface area contributed by atoms with Gasteiger partial charge in [-0.2, -0.15) is 0 Å². The molecule has 17 heavy (non-hydrogen) atoms. The van der Waals surface area contributed by atoms with Gasteiger partial charge in [-0.25, -0.2) is 9.97 Å². The van der Waals surface area contributed by atoms with Crippen LogP contribution in [-0.4, -0.2) is 33.1 Å². The number of carbonyl (C=O) groups excluding carboxylic acids is 1. The lowest BCUT2D eigenvalue weighted by atomic mass is 9.93. The van der Waals surface area contributed by atoms with Gasteiger partial charge in [0.25, 0.3) is 5.91 Å². The molecule has 6 heteroatoms. The summed E-state index contributed by atoms with van der Waals surface area (Å²) in [6.07, 6.45) is 5.57. The van der Waals surface area contributed by atoms with Crippen LogP contribution in [0.3, 0.4) is 0 Å². The van der Waals surface area contributed by atoms with Crippen molar-refractivity contribution in [2.24, 2.45) is 0 Å². The normalized spacial score (nSPS) is 24.3. The predicted molar refractivity (Wildman–Crippen MR) is 62.2 cm³/mol. The average Bonchev–Trinajstić information content (AvgIpc) is 2.33. The first-order valence-electron chi connectivity index (χ1n) is 5.71. The van der Waals surface area contributed by atoms with Crippen molar-refractivity contribution in [2.75, 3.05) is 5.73 Å². The summed E-state index contributed by atoms with van der Waals surface area (Å²) < 4.78 is 0. The van der Waals surface area contributed by atoms with Crippen LogP contribution in [0.5, 0.6) is 0 Å². The lowest BCUT2D eigenvalue weighted by Crippen LogP contribution is -2.38. The molecule has 1 amide bonds. The van der Waals surface area contributed by atoms with E-state index in [1.165, 1.54) is 12.4 Å². The molecule has 92 valence electrons. The summed E-state index contributed by atoms with van der Waals surface area (Å²) in [7, 11) is 0. The third-order valence-electron chi connectivity index (χ3n) is 2.94. The maximum atomic E-state index is 11.8. The molecule has 0 unspecified atom stereocenters. The Balaban J connectivity index is 1.91. The number of anilines is 1. The zero-order valence-corrected chi connectivity index (χ0v) is 9.47. The maximum Gasteiger partial charge on any atom is 0.271 e. The SMILES string of the molecule is Nc1cnc(C(=O)NC2CCC(O)CC2)cn1. The van der Waals surface area contributed by atoms with Crippen LogP contribution in [-0.2, 0) is 0 Å². The number of nitrogens with zero attached hydrogens (tertiary/aromatic N) is 2. The van der Waals surface area contributed by atoms with Gasteiger partial charge in [-0.1, -0.05) is 0 Å². The molecule has 0 aromatic carbocycles. The van der Waals surface area contributed by atoms with E-state index in [-0.39, 0.29) is 23.7 Å². The Morgan fingerprint density at radius 2 is 2.00 bits per heavy atom. The number of hydrogen-bond acceptors (Lipinski definition) is 5. The number of nitrogens with two attached hydrogens (primary N) is 1. The Morgan fingerprint density at radius 3 is 2.59 bits per heavy atom. The molecule has 1 heterocycles. The minimum Gasteiger partial charge on any atom is -0.393 e. The van der Waals surface area contributed by atoms with Crippen LogP contribution in [0, 0.1) is 0 Å². The molecule has 1 aliphatic carbocycles. The van der Waals surface area contributed by atoms with E-state index < -0.39 is 0 Å². The second-order valence-electron chi connectivity index (χ2n) is 4.31. The highest BCUT2D eigenvalue weighted by atomic mass is 16.3. The van der Waals surface area contributed by atoms with Crippen molar-refractivity contribution in [1.29, 1.82) is 0 Å². The van der Waals surface area contributed by atoms with E-state index in [0.717, 1.165) is 25.7 Å². The summed E-state index contributed by atoms with van der Waals surface area (Å²) in [5.41, 5.74) is 5.66. The highest BCUT2D eigenvalue weighted by molar-refractivity contribution is 5.92. The van der Waals surface area contributed by atoms with Crippen LogP contribution < -0.4 is 11.1 Å². The molecule has 1 aromatic heterocycles. The number of nitrogens with one attached hydrogen (secondary N) is 1. The van der Waals surface area contributed by atoms with Crippen molar-refractivity contribution in [3.05, 3.63) is 18.1 Å². The molecule has 2 rings (SSSR count). The van der Waals surface area contributed by atoms with Gasteiger partial charge >= 0.3 is 0 Å². The summed E-state index contributed by atoms with van der Waals surface area (Å²) in [6, 6.07) is 0.116. The van der Waals surface area contributed by atoms with Gasteiger partial charge in [-0.3, -0.25) is 4.79 Å². The van der Waals surface area contributed by atoms with Crippen molar-refractivity contribution < 1.29 is 9.90 Å². The molecule has 1 saturated carbocycles. The number of aliphatic hydroxyl groups is 1. The Bertz CT molecular complexity index is 385. The third-order valence-corrected chi connectivity index (χ3v) is 2.94. The third kappa shape index (κ3) is 3.13. The van der Waals surface area contributed by atoms with Crippen LogP contribution in [0.15, 0.2) is 12.4 Å². The summed E-state index contributed by atoms with van der Waals surface area (Å²) in [6.45, 7) is 0. The smallest absolute Gasteiger partial charge is 0.271 e. The number of hydrogen-bond donors (Lipinski definition) is 3. The van der Waals surface area contributed by atoms with Crippen molar-refractivity contribution >= 4 is 11.7 Å². The fourth-order valence-electron chi connectivity index (χ4n) is 1.93. The van der Waals surface area contributed by atoms with E-state index in [2.05, 4.69) is 15.3 Å². The topological polar surface area (TPSA) is 101 Å². The van der Waals surface area contributed by atoms with Gasteiger partial charge in [-0.15, -0.1) is 0 Å². The zero-order valence-electron chi connectivity index (χ0n) is 9.47. The van der Waals surface area contributed by atoms with Crippen molar-refractivity contribution in [2.45, 2.75) is 37.8 Å². The largest absolute Gasteiger partial charge is 0.393 e. The fraction of sp³-hybridized carbons (Fsp3) is 0.545. The maximum absolute atomic E-state index is 11.8. The summed E-state index contributed by atoms with van der Waals surface area (Å²) >= 11 is 0. The van der Waals surface area contributed by atoms with E-state index in [0.29, 0.717) is 5.82 Å². The Labute approximate surface area is 99.3 Å². The van der Waals surface area contributed by atoms with Gasteiger partial charge < -0.3 is 16.2 Å². The molecule has 0 atom stereocenters. The number of amides is 1. The van der Waals surface area contributed by atoms with Crippen molar-refractivity contribution in [3.8, 4) is 0 Å². The van der Waals surface area contributed by atoms with Crippen LogP contribution >= 0.6 is 0 Å². The first kappa shape index (κ1) is 11.8. The molecule has 1 aromatic rings. The van der Waals surface area contributed by atoms with E-state index in [9.17, 15) is 9.90 Å². The molecule has 1 fully saturated rings. The molecular formula is C11H16N4O2. The first-order valence-corrected chi connectivity index (χ1v) is 5.71. The zero-order chi connectivity index (χ0) is 12.3. The highest BCUT2D eigenvalue weighted by Crippen LogP contribution is 2.18. The number of aromatic nitrogens is 2. The van der Waals surface area contributed by atoms with Gasteiger partial charge in [0, 0.05) is 6.04 Å². The Hall–Kier alpha value is -1.69. The Morgan fingerprint density at radius 1 is 1.29 bits per heavy atom. The number of rotatable bonds is 2. The molecule has 0 saturated heterocycles. The first-order chi connectivity index (χ1) is 8.15. The van der Waals surface area contributed by atoms with E-state index in [1.807, 2.05) is 0 Å². The molecule has 4 N–H and O–H groups in total. The summed E-state index contributed by atoms with van der Waals surface area (Å²) in [4.78, 5) is 19.5. The van der Waals surface area contributed by atoms with Crippen molar-refractivity contribution in [1.82, 2.24) is 15.3 Å². The number of nitrogen functional groups attached to an aromatic ring is 1. The average molecular weight is 236 g/mol. The standard InChI is InChI=1S/C11H16N4O2/c12-10-6-13-9(5-14-10)11(17)15-7-1-3-8(16)4-2-7/h5-8,16H,1-4H2,(H2,12,14)(H,15,17). The molecule has 0 spiro atoms. The number of carbonyl (C=O) groups is 1. The molecule has 1 aliphatic rings. The van der Waals surface area contributed by atoms with Gasteiger partial charge in [0.2, 0.25) is 0 Å². The van der Waals surface area contributed by atoms with Crippen molar-refractivity contribution in [3.63, 3.8) is 0 Å². The summed E-state index contributed by atoms with van der Waals surface area (Å²) in [5, 5.41) is 12.2. The molecule has 0 bridgehead atoms. The van der Waals surface area contributed by atoms with Gasteiger partial charge in [0.15, 0.2) is 0 Å². The van der Waals surface area contributed by atoms with Gasteiger partial charge in [-0.05, 0) is 25.7 Å². The lowest BCUT2D eigenvalue weighted by Gasteiger charge is -2.25. The quantitative estimate of drug-likeness (QED) is 0.675. The van der Waals surface area contributed by atoms with E-state index >= 15 is 0 Å². The molecule has 0 aliphatic heterocycles. The van der Waals surface area contributed by atoms with Gasteiger partial charge in [0.1, 0.15) is 11.5 Å². The summed E-state index contributed by atoms with van der Waals surface area (Å²) in [5.74, 6) is 0.0567. The second kappa shape index (κ2) is 5.09. The van der Waals surface area contributed by atoms with Crippen LogP contribution in [0.1, 0.15) is 36.2 Å². The fourth-order valence-corrected chi connectivity index (χ4v) is 1.93. The number of aliphatic hydroxyl groups excluding tert-OH is 1. The van der Waals surface area contributed by atoms with Crippen LogP contribution in [0.25, 0.3) is 0 Å². The molecule has 0 radical (unpaired) electrons. The Kier molecular flexibility index (Phi) is 3.53.